The molecule has 0 saturated heterocycles. The number of nitrogens with one attached hydrogen (secondary N) is 1. The Morgan fingerprint density at radius 3 is 2.51 bits per heavy atom. The third-order valence-electron chi connectivity index (χ3n) is 5.35. The molecule has 174 valence electrons. The fourth-order valence-electron chi connectivity index (χ4n) is 3.75. The Morgan fingerprint density at radius 2 is 1.74 bits per heavy atom. The number of pyridine rings is 1. The molecule has 0 aliphatic heterocycles. The van der Waals surface area contributed by atoms with Crippen LogP contribution in [0.2, 0.25) is 0 Å². The number of nitrogens with two attached hydrogens (primary N) is 1. The largest absolute Gasteiger partial charge is 0.363 e. The molecule has 3 heterocycles. The molecule has 3 aromatic heterocycles. The maximum atomic E-state index is 11.3. The summed E-state index contributed by atoms with van der Waals surface area (Å²) in [4.78, 5) is 9.25. The fraction of sp³-hybridized carbons (Fsp3) is 0.0385. The Kier molecular flexibility index (Phi) is 6.09. The van der Waals surface area contributed by atoms with Crippen molar-refractivity contribution >= 4 is 27.4 Å². The van der Waals surface area contributed by atoms with E-state index in [9.17, 15) is 8.42 Å². The van der Waals surface area contributed by atoms with Gasteiger partial charge in [-0.1, -0.05) is 54.6 Å². The van der Waals surface area contributed by atoms with E-state index in [1.165, 1.54) is 6.08 Å². The predicted octanol–water partition coefficient (Wildman–Crippen LogP) is 4.33. The third kappa shape index (κ3) is 5.26. The summed E-state index contributed by atoms with van der Waals surface area (Å²) in [5.74, 6) is 1.15. The van der Waals surface area contributed by atoms with Gasteiger partial charge in [-0.05, 0) is 41.5 Å². The minimum atomic E-state index is -3.72. The van der Waals surface area contributed by atoms with Crippen molar-refractivity contribution in [2.75, 3.05) is 5.32 Å². The second-order valence-electron chi connectivity index (χ2n) is 7.86. The first-order valence-electron chi connectivity index (χ1n) is 10.9. The first kappa shape index (κ1) is 22.5. The molecule has 0 spiro atoms. The number of benzene rings is 2. The maximum Gasteiger partial charge on any atom is 0.231 e. The van der Waals surface area contributed by atoms with Gasteiger partial charge in [0.1, 0.15) is 5.52 Å². The van der Waals surface area contributed by atoms with Crippen molar-refractivity contribution in [3.05, 3.63) is 108 Å². The second-order valence-corrected chi connectivity index (χ2v) is 9.31. The minimum Gasteiger partial charge on any atom is -0.363 e. The van der Waals surface area contributed by atoms with Gasteiger partial charge in [-0.25, -0.2) is 23.1 Å². The van der Waals surface area contributed by atoms with Gasteiger partial charge >= 0.3 is 0 Å². The lowest BCUT2D eigenvalue weighted by Crippen LogP contribution is -2.08. The van der Waals surface area contributed by atoms with Gasteiger partial charge in [0, 0.05) is 28.9 Å². The number of anilines is 1. The van der Waals surface area contributed by atoms with Crippen molar-refractivity contribution in [1.29, 1.82) is 0 Å². The van der Waals surface area contributed by atoms with E-state index in [0.29, 0.717) is 23.8 Å². The quantitative estimate of drug-likeness (QED) is 0.357. The highest BCUT2D eigenvalue weighted by molar-refractivity contribution is 7.92. The monoisotopic (exact) mass is 482 g/mol. The average molecular weight is 483 g/mol. The first-order chi connectivity index (χ1) is 17.0. The van der Waals surface area contributed by atoms with Gasteiger partial charge in [0.25, 0.3) is 0 Å². The summed E-state index contributed by atoms with van der Waals surface area (Å²) in [5, 5.41) is 14.2. The summed E-state index contributed by atoms with van der Waals surface area (Å²) in [6.45, 7) is 0.490. The van der Waals surface area contributed by atoms with Crippen molar-refractivity contribution in [2.24, 2.45) is 5.14 Å². The normalized spacial score (nSPS) is 11.8. The number of hydrogen-bond acceptors (Lipinski definition) is 6. The highest BCUT2D eigenvalue weighted by Gasteiger charge is 2.15. The molecular weight excluding hydrogens is 460 g/mol. The predicted molar refractivity (Wildman–Crippen MR) is 138 cm³/mol. The van der Waals surface area contributed by atoms with Crippen molar-refractivity contribution in [3.63, 3.8) is 0 Å². The molecule has 0 aliphatic rings. The number of hydrogen-bond donors (Lipinski definition) is 2. The highest BCUT2D eigenvalue weighted by Crippen LogP contribution is 2.31. The van der Waals surface area contributed by atoms with E-state index in [0.717, 1.165) is 33.3 Å². The Balaban J connectivity index is 1.60. The van der Waals surface area contributed by atoms with Crippen LogP contribution in [0.3, 0.4) is 0 Å². The molecule has 35 heavy (non-hydrogen) atoms. The summed E-state index contributed by atoms with van der Waals surface area (Å²) >= 11 is 0. The van der Waals surface area contributed by atoms with E-state index in [4.69, 9.17) is 15.2 Å². The molecule has 2 aromatic carbocycles. The Hall–Kier alpha value is -4.34. The first-order valence-corrected chi connectivity index (χ1v) is 12.5. The van der Waals surface area contributed by atoms with Crippen LogP contribution >= 0.6 is 0 Å². The summed E-state index contributed by atoms with van der Waals surface area (Å²) in [7, 11) is -3.72. The number of nitrogens with zero attached hydrogens (tertiary/aromatic N) is 4. The van der Waals surface area contributed by atoms with Gasteiger partial charge < -0.3 is 5.32 Å². The molecule has 0 fully saturated rings. The van der Waals surface area contributed by atoms with E-state index in [1.807, 2.05) is 79.0 Å². The van der Waals surface area contributed by atoms with Gasteiger partial charge in [0.2, 0.25) is 10.0 Å². The lowest BCUT2D eigenvalue weighted by Gasteiger charge is -2.12. The zero-order valence-corrected chi connectivity index (χ0v) is 19.4. The van der Waals surface area contributed by atoms with Crippen LogP contribution in [0, 0.1) is 0 Å². The van der Waals surface area contributed by atoms with Gasteiger partial charge in [-0.3, -0.25) is 4.98 Å². The van der Waals surface area contributed by atoms with Gasteiger partial charge in [-0.15, -0.1) is 5.10 Å². The fourth-order valence-corrected chi connectivity index (χ4v) is 4.10. The summed E-state index contributed by atoms with van der Waals surface area (Å²) < 4.78 is 24.4. The molecule has 0 radical (unpaired) electrons. The Morgan fingerprint density at radius 1 is 0.943 bits per heavy atom. The van der Waals surface area contributed by atoms with Crippen LogP contribution in [-0.4, -0.2) is 28.0 Å². The second kappa shape index (κ2) is 9.49. The van der Waals surface area contributed by atoms with Crippen LogP contribution in [0.5, 0.6) is 0 Å². The van der Waals surface area contributed by atoms with E-state index in [2.05, 4.69) is 10.3 Å². The third-order valence-corrected chi connectivity index (χ3v) is 5.87. The SMILES string of the molecule is NS(=O)(=O)C=Cc1cccc(-c2nc(NCc3ccccn3)c3c(-c4ccccc4)ccn3n2)c1. The van der Waals surface area contributed by atoms with Crippen LogP contribution in [0.25, 0.3) is 34.1 Å². The Labute approximate surface area is 202 Å². The lowest BCUT2D eigenvalue weighted by atomic mass is 10.1. The van der Waals surface area contributed by atoms with Gasteiger partial charge in [-0.2, -0.15) is 0 Å². The molecular formula is C26H22N6O2S. The summed E-state index contributed by atoms with van der Waals surface area (Å²) in [5.41, 5.74) is 5.20. The molecule has 0 saturated carbocycles. The average Bonchev–Trinajstić information content (AvgIpc) is 3.31. The summed E-state index contributed by atoms with van der Waals surface area (Å²) in [6.07, 6.45) is 5.10. The van der Waals surface area contributed by atoms with Crippen molar-refractivity contribution < 1.29 is 8.42 Å². The Bertz CT molecular complexity index is 1610. The van der Waals surface area contributed by atoms with Crippen LogP contribution in [0.1, 0.15) is 11.3 Å². The highest BCUT2D eigenvalue weighted by atomic mass is 32.2. The van der Waals surface area contributed by atoms with Crippen molar-refractivity contribution in [1.82, 2.24) is 19.6 Å². The van der Waals surface area contributed by atoms with Crippen molar-refractivity contribution in [3.8, 4) is 22.5 Å². The molecule has 9 heteroatoms. The molecule has 5 aromatic rings. The van der Waals surface area contributed by atoms with E-state index in [1.54, 1.807) is 16.8 Å². The summed E-state index contributed by atoms with van der Waals surface area (Å²) in [6, 6.07) is 25.1. The topological polar surface area (TPSA) is 115 Å². The van der Waals surface area contributed by atoms with E-state index in [-0.39, 0.29) is 0 Å². The molecule has 0 unspecified atom stereocenters. The standard InChI is InChI=1S/C26H22N6O2S/c27-35(33,34)16-13-19-7-6-10-21(17-19)25-30-26(29-18-22-11-4-5-14-28-22)24-23(12-15-32(24)31-25)20-8-2-1-3-9-20/h1-17H,18H2,(H2,27,33,34)(H,29,30,31). The van der Waals surface area contributed by atoms with Gasteiger partial charge in [0.15, 0.2) is 11.6 Å². The number of primary sulfonamides is 1. The van der Waals surface area contributed by atoms with Gasteiger partial charge in [0.05, 0.1) is 12.2 Å². The zero-order chi connectivity index (χ0) is 24.3. The molecule has 0 atom stereocenters. The molecule has 0 bridgehead atoms. The van der Waals surface area contributed by atoms with Crippen LogP contribution < -0.4 is 10.5 Å². The van der Waals surface area contributed by atoms with Crippen molar-refractivity contribution in [2.45, 2.75) is 6.54 Å². The zero-order valence-electron chi connectivity index (χ0n) is 18.6. The molecule has 8 nitrogen and oxygen atoms in total. The van der Waals surface area contributed by atoms with E-state index >= 15 is 0 Å². The number of sulfonamides is 1. The molecule has 0 aliphatic carbocycles. The minimum absolute atomic E-state index is 0.488. The van der Waals surface area contributed by atoms with Crippen LogP contribution in [0.15, 0.2) is 96.7 Å². The number of fused-ring (bicyclic) bond motifs is 1. The molecule has 5 rings (SSSR count). The molecule has 3 N–H and O–H groups in total. The van der Waals surface area contributed by atoms with Crippen LogP contribution in [-0.2, 0) is 16.6 Å². The smallest absolute Gasteiger partial charge is 0.231 e. The van der Waals surface area contributed by atoms with Crippen LogP contribution in [0.4, 0.5) is 5.82 Å². The maximum absolute atomic E-state index is 11.3. The lowest BCUT2D eigenvalue weighted by molar-refractivity contribution is 0.606. The molecule has 0 amide bonds. The number of rotatable bonds is 7. The van der Waals surface area contributed by atoms with E-state index < -0.39 is 10.0 Å². The number of aromatic nitrogens is 4.